The molecule has 0 bridgehead atoms. The SMILES string of the molecule is CCOc1cccc(N2CC3CCCC(N)C3C2)c1[N+](=O)[O-]. The number of nitro benzene ring substituents is 1. The first-order valence-corrected chi connectivity index (χ1v) is 8.02. The fourth-order valence-corrected chi connectivity index (χ4v) is 3.93. The number of ether oxygens (including phenoxy) is 1. The molecule has 2 aliphatic rings. The second kappa shape index (κ2) is 6.12. The number of nitrogens with zero attached hydrogens (tertiary/aromatic N) is 2. The van der Waals surface area contributed by atoms with Crippen LogP contribution in [-0.2, 0) is 0 Å². The van der Waals surface area contributed by atoms with E-state index >= 15 is 0 Å². The highest BCUT2D eigenvalue weighted by atomic mass is 16.6. The van der Waals surface area contributed by atoms with Crippen LogP contribution in [0.5, 0.6) is 5.75 Å². The van der Waals surface area contributed by atoms with E-state index in [1.807, 2.05) is 19.1 Å². The molecule has 3 atom stereocenters. The van der Waals surface area contributed by atoms with Crippen LogP contribution in [0, 0.1) is 22.0 Å². The number of hydrogen-bond acceptors (Lipinski definition) is 5. The molecule has 1 heterocycles. The van der Waals surface area contributed by atoms with Gasteiger partial charge in [0.25, 0.3) is 0 Å². The van der Waals surface area contributed by atoms with Gasteiger partial charge in [0.2, 0.25) is 0 Å². The fraction of sp³-hybridized carbons (Fsp3) is 0.625. The Kier molecular flexibility index (Phi) is 4.20. The van der Waals surface area contributed by atoms with Gasteiger partial charge < -0.3 is 15.4 Å². The molecule has 120 valence electrons. The minimum atomic E-state index is -0.331. The quantitative estimate of drug-likeness (QED) is 0.683. The number of nitro groups is 1. The topological polar surface area (TPSA) is 81.6 Å². The molecule has 1 saturated carbocycles. The van der Waals surface area contributed by atoms with Gasteiger partial charge in [0, 0.05) is 19.1 Å². The van der Waals surface area contributed by atoms with Crippen molar-refractivity contribution in [3.05, 3.63) is 28.3 Å². The standard InChI is InChI=1S/C16H23N3O3/c1-2-22-15-8-4-7-14(16(15)19(20)21)18-9-11-5-3-6-13(17)12(11)10-18/h4,7-8,11-13H,2-3,5-6,9-10,17H2,1H3. The zero-order valence-electron chi connectivity index (χ0n) is 12.9. The van der Waals surface area contributed by atoms with E-state index in [1.54, 1.807) is 6.07 Å². The van der Waals surface area contributed by atoms with E-state index in [0.29, 0.717) is 29.9 Å². The van der Waals surface area contributed by atoms with Crippen LogP contribution >= 0.6 is 0 Å². The smallest absolute Gasteiger partial charge is 0.333 e. The molecule has 0 radical (unpaired) electrons. The highest BCUT2D eigenvalue weighted by Crippen LogP contribution is 2.43. The van der Waals surface area contributed by atoms with Crippen LogP contribution < -0.4 is 15.4 Å². The first kappa shape index (κ1) is 15.1. The third-order valence-corrected chi connectivity index (χ3v) is 4.95. The summed E-state index contributed by atoms with van der Waals surface area (Å²) in [6.45, 7) is 3.91. The second-order valence-corrected chi connectivity index (χ2v) is 6.24. The van der Waals surface area contributed by atoms with Gasteiger partial charge in [0.1, 0.15) is 5.69 Å². The molecule has 22 heavy (non-hydrogen) atoms. The van der Waals surface area contributed by atoms with Gasteiger partial charge in [0.05, 0.1) is 11.5 Å². The maximum Gasteiger partial charge on any atom is 0.333 e. The number of nitrogens with two attached hydrogens (primary N) is 1. The summed E-state index contributed by atoms with van der Waals surface area (Å²) >= 11 is 0. The number of anilines is 1. The van der Waals surface area contributed by atoms with E-state index in [1.165, 1.54) is 6.42 Å². The lowest BCUT2D eigenvalue weighted by Crippen LogP contribution is -2.38. The van der Waals surface area contributed by atoms with E-state index in [0.717, 1.165) is 25.9 Å². The predicted molar refractivity (Wildman–Crippen MR) is 85.3 cm³/mol. The third kappa shape index (κ3) is 2.63. The largest absolute Gasteiger partial charge is 0.487 e. The lowest BCUT2D eigenvalue weighted by molar-refractivity contribution is -0.385. The van der Waals surface area contributed by atoms with Crippen molar-refractivity contribution in [1.82, 2.24) is 0 Å². The van der Waals surface area contributed by atoms with Gasteiger partial charge in [-0.25, -0.2) is 0 Å². The molecule has 3 unspecified atom stereocenters. The van der Waals surface area contributed by atoms with Crippen molar-refractivity contribution in [2.45, 2.75) is 32.2 Å². The Hall–Kier alpha value is -1.82. The zero-order chi connectivity index (χ0) is 15.7. The summed E-state index contributed by atoms with van der Waals surface area (Å²) in [6.07, 6.45) is 3.40. The average Bonchev–Trinajstić information content (AvgIpc) is 2.92. The van der Waals surface area contributed by atoms with Crippen LogP contribution in [0.3, 0.4) is 0 Å². The number of hydrogen-bond donors (Lipinski definition) is 1. The summed E-state index contributed by atoms with van der Waals surface area (Å²) in [5.41, 5.74) is 6.99. The van der Waals surface area contributed by atoms with E-state index in [-0.39, 0.29) is 16.7 Å². The Balaban J connectivity index is 1.92. The van der Waals surface area contributed by atoms with Crippen molar-refractivity contribution >= 4 is 11.4 Å². The average molecular weight is 305 g/mol. The summed E-state index contributed by atoms with van der Waals surface area (Å²) in [5.74, 6) is 1.35. The van der Waals surface area contributed by atoms with Gasteiger partial charge in [-0.2, -0.15) is 0 Å². The van der Waals surface area contributed by atoms with Crippen molar-refractivity contribution in [3.8, 4) is 5.75 Å². The summed E-state index contributed by atoms with van der Waals surface area (Å²) in [4.78, 5) is 13.3. The van der Waals surface area contributed by atoms with E-state index in [9.17, 15) is 10.1 Å². The van der Waals surface area contributed by atoms with Gasteiger partial charge in [-0.3, -0.25) is 10.1 Å². The number of fused-ring (bicyclic) bond motifs is 1. The molecule has 2 fully saturated rings. The molecule has 6 heteroatoms. The molecule has 0 aromatic heterocycles. The molecule has 0 spiro atoms. The Labute approximate surface area is 130 Å². The van der Waals surface area contributed by atoms with Crippen LogP contribution in [0.4, 0.5) is 11.4 Å². The predicted octanol–water partition coefficient (Wildman–Crippen LogP) is 2.56. The van der Waals surface area contributed by atoms with Crippen LogP contribution in [0.1, 0.15) is 26.2 Å². The van der Waals surface area contributed by atoms with E-state index in [4.69, 9.17) is 10.5 Å². The molecule has 0 amide bonds. The van der Waals surface area contributed by atoms with Crippen molar-refractivity contribution in [3.63, 3.8) is 0 Å². The zero-order valence-corrected chi connectivity index (χ0v) is 12.9. The third-order valence-electron chi connectivity index (χ3n) is 4.95. The lowest BCUT2D eigenvalue weighted by Gasteiger charge is -2.29. The first-order valence-electron chi connectivity index (χ1n) is 8.02. The minimum Gasteiger partial charge on any atom is -0.487 e. The van der Waals surface area contributed by atoms with Crippen LogP contribution in [-0.4, -0.2) is 30.7 Å². The Bertz CT molecular complexity index is 564. The van der Waals surface area contributed by atoms with Gasteiger partial charge in [-0.15, -0.1) is 0 Å². The summed E-state index contributed by atoms with van der Waals surface area (Å²) in [5, 5.41) is 11.5. The number of rotatable bonds is 4. The van der Waals surface area contributed by atoms with E-state index in [2.05, 4.69) is 4.90 Å². The minimum absolute atomic E-state index is 0.0802. The van der Waals surface area contributed by atoms with Crippen LogP contribution in [0.25, 0.3) is 0 Å². The molecule has 1 saturated heterocycles. The van der Waals surface area contributed by atoms with Gasteiger partial charge in [-0.1, -0.05) is 12.5 Å². The van der Waals surface area contributed by atoms with Gasteiger partial charge >= 0.3 is 5.69 Å². The van der Waals surface area contributed by atoms with E-state index < -0.39 is 0 Å². The highest BCUT2D eigenvalue weighted by Gasteiger charge is 2.40. The van der Waals surface area contributed by atoms with Crippen molar-refractivity contribution < 1.29 is 9.66 Å². The van der Waals surface area contributed by atoms with Gasteiger partial charge in [0.15, 0.2) is 5.75 Å². The highest BCUT2D eigenvalue weighted by molar-refractivity contribution is 5.70. The molecule has 1 aromatic rings. The van der Waals surface area contributed by atoms with Crippen LogP contribution in [0.15, 0.2) is 18.2 Å². The van der Waals surface area contributed by atoms with Crippen molar-refractivity contribution in [1.29, 1.82) is 0 Å². The molecule has 1 aliphatic heterocycles. The maximum atomic E-state index is 11.5. The van der Waals surface area contributed by atoms with Gasteiger partial charge in [-0.05, 0) is 43.7 Å². The lowest BCUT2D eigenvalue weighted by atomic mass is 9.78. The molecular formula is C16H23N3O3. The molecular weight excluding hydrogens is 282 g/mol. The first-order chi connectivity index (χ1) is 10.6. The normalized spacial score (nSPS) is 27.5. The summed E-state index contributed by atoms with van der Waals surface area (Å²) in [7, 11) is 0. The van der Waals surface area contributed by atoms with Crippen molar-refractivity contribution in [2.75, 3.05) is 24.6 Å². The summed E-state index contributed by atoms with van der Waals surface area (Å²) in [6, 6.07) is 5.54. The number of benzene rings is 1. The Morgan fingerprint density at radius 2 is 2.23 bits per heavy atom. The molecule has 3 rings (SSSR count). The Morgan fingerprint density at radius 1 is 1.41 bits per heavy atom. The monoisotopic (exact) mass is 305 g/mol. The summed E-state index contributed by atoms with van der Waals surface area (Å²) < 4.78 is 5.45. The number of para-hydroxylation sites is 1. The maximum absolute atomic E-state index is 11.5. The molecule has 6 nitrogen and oxygen atoms in total. The molecule has 1 aliphatic carbocycles. The van der Waals surface area contributed by atoms with Crippen LogP contribution in [0.2, 0.25) is 0 Å². The van der Waals surface area contributed by atoms with Crippen molar-refractivity contribution in [2.24, 2.45) is 17.6 Å². The second-order valence-electron chi connectivity index (χ2n) is 6.24. The Morgan fingerprint density at radius 3 is 2.91 bits per heavy atom. The molecule has 1 aromatic carbocycles. The fourth-order valence-electron chi connectivity index (χ4n) is 3.93. The molecule has 2 N–H and O–H groups in total.